The maximum atomic E-state index is 11.4. The second-order valence-corrected chi connectivity index (χ2v) is 6.60. The van der Waals surface area contributed by atoms with Gasteiger partial charge >= 0.3 is 0 Å². The monoisotopic (exact) mass is 268 g/mol. The Balaban J connectivity index is 2.41. The van der Waals surface area contributed by atoms with Crippen LogP contribution in [0.4, 0.5) is 0 Å². The molecule has 1 unspecified atom stereocenters. The maximum absolute atomic E-state index is 11.4. The summed E-state index contributed by atoms with van der Waals surface area (Å²) in [5, 5.41) is 13.8. The third-order valence-corrected chi connectivity index (χ3v) is 4.27. The molecule has 1 atom stereocenters. The van der Waals surface area contributed by atoms with Crippen molar-refractivity contribution < 1.29 is 13.5 Å². The van der Waals surface area contributed by atoms with E-state index in [4.69, 9.17) is 0 Å². The summed E-state index contributed by atoms with van der Waals surface area (Å²) >= 11 is 1.49. The van der Waals surface area contributed by atoms with Crippen molar-refractivity contribution in [3.63, 3.8) is 0 Å². The van der Waals surface area contributed by atoms with Gasteiger partial charge in [0.05, 0.1) is 4.90 Å². The van der Waals surface area contributed by atoms with E-state index in [1.165, 1.54) is 23.5 Å². The van der Waals surface area contributed by atoms with Crippen LogP contribution in [0.1, 0.15) is 17.2 Å². The Bertz CT molecular complexity index is 600. The second kappa shape index (κ2) is 4.60. The molecule has 0 aliphatic carbocycles. The zero-order chi connectivity index (χ0) is 12.5. The lowest BCUT2D eigenvalue weighted by atomic mass is 10.0. The number of aliphatic hydroxyl groups excluding tert-OH is 1. The van der Waals surface area contributed by atoms with Crippen molar-refractivity contribution in [2.45, 2.75) is 11.0 Å². The summed E-state index contributed by atoms with van der Waals surface area (Å²) in [6.45, 7) is 0. The summed E-state index contributed by atoms with van der Waals surface area (Å²) in [6, 6.07) is 8.22. The molecule has 5 heteroatoms. The van der Waals surface area contributed by atoms with E-state index in [0.29, 0.717) is 5.56 Å². The van der Waals surface area contributed by atoms with Gasteiger partial charge < -0.3 is 5.11 Å². The number of hydrogen-bond acceptors (Lipinski definition) is 4. The van der Waals surface area contributed by atoms with Crippen LogP contribution < -0.4 is 0 Å². The first-order chi connectivity index (χ1) is 7.98. The summed E-state index contributed by atoms with van der Waals surface area (Å²) in [4.78, 5) is 0.226. The molecule has 17 heavy (non-hydrogen) atoms. The first-order valence-corrected chi connectivity index (χ1v) is 7.82. The van der Waals surface area contributed by atoms with Gasteiger partial charge in [0.15, 0.2) is 9.84 Å². The number of aliphatic hydroxyl groups is 1. The van der Waals surface area contributed by atoms with Crippen LogP contribution in [0.3, 0.4) is 0 Å². The van der Waals surface area contributed by atoms with Gasteiger partial charge in [0.25, 0.3) is 0 Å². The smallest absolute Gasteiger partial charge is 0.175 e. The second-order valence-electron chi connectivity index (χ2n) is 3.80. The lowest BCUT2D eigenvalue weighted by Crippen LogP contribution is -2.02. The Morgan fingerprint density at radius 1 is 1.24 bits per heavy atom. The van der Waals surface area contributed by atoms with Gasteiger partial charge in [0, 0.05) is 6.26 Å². The Morgan fingerprint density at radius 3 is 2.59 bits per heavy atom. The highest BCUT2D eigenvalue weighted by Gasteiger charge is 2.14. The molecule has 0 radical (unpaired) electrons. The van der Waals surface area contributed by atoms with Crippen LogP contribution in [0.15, 0.2) is 46.0 Å². The molecule has 0 fully saturated rings. The van der Waals surface area contributed by atoms with E-state index >= 15 is 0 Å². The third kappa shape index (κ3) is 2.74. The van der Waals surface area contributed by atoms with E-state index in [1.54, 1.807) is 12.1 Å². The highest BCUT2D eigenvalue weighted by molar-refractivity contribution is 7.90. The van der Waals surface area contributed by atoms with E-state index < -0.39 is 15.9 Å². The van der Waals surface area contributed by atoms with Crippen molar-refractivity contribution in [3.8, 4) is 0 Å². The van der Waals surface area contributed by atoms with Crippen molar-refractivity contribution in [2.75, 3.05) is 6.26 Å². The molecule has 0 aliphatic heterocycles. The zero-order valence-corrected chi connectivity index (χ0v) is 10.8. The summed E-state index contributed by atoms with van der Waals surface area (Å²) in [6.07, 6.45) is 0.381. The van der Waals surface area contributed by atoms with Crippen molar-refractivity contribution in [2.24, 2.45) is 0 Å². The number of sulfone groups is 1. The maximum Gasteiger partial charge on any atom is 0.175 e. The molecular formula is C12H12O3S2. The number of benzene rings is 1. The molecule has 1 aromatic carbocycles. The van der Waals surface area contributed by atoms with Crippen LogP contribution in [0, 0.1) is 0 Å². The Hall–Kier alpha value is -1.17. The van der Waals surface area contributed by atoms with Crippen LogP contribution in [0.2, 0.25) is 0 Å². The largest absolute Gasteiger partial charge is 0.384 e. The van der Waals surface area contributed by atoms with Crippen molar-refractivity contribution >= 4 is 21.2 Å². The number of rotatable bonds is 3. The molecule has 1 aromatic heterocycles. The molecule has 0 saturated carbocycles. The van der Waals surface area contributed by atoms with Crippen LogP contribution in [-0.4, -0.2) is 19.8 Å². The van der Waals surface area contributed by atoms with Gasteiger partial charge in [-0.2, -0.15) is 11.3 Å². The minimum Gasteiger partial charge on any atom is -0.384 e. The normalized spacial score (nSPS) is 13.5. The fourth-order valence-corrected chi connectivity index (χ4v) is 2.89. The summed E-state index contributed by atoms with van der Waals surface area (Å²) in [5.74, 6) is 0. The van der Waals surface area contributed by atoms with Crippen LogP contribution in [-0.2, 0) is 9.84 Å². The minimum atomic E-state index is -3.24. The first kappa shape index (κ1) is 12.3. The summed E-state index contributed by atoms with van der Waals surface area (Å²) in [7, 11) is -3.24. The van der Waals surface area contributed by atoms with E-state index in [2.05, 4.69) is 0 Å². The third-order valence-electron chi connectivity index (χ3n) is 2.46. The molecule has 1 heterocycles. The average molecular weight is 268 g/mol. The Labute approximate surface area is 104 Å². The van der Waals surface area contributed by atoms with Crippen molar-refractivity contribution in [1.29, 1.82) is 0 Å². The molecule has 2 aromatic rings. The molecule has 0 amide bonds. The zero-order valence-electron chi connectivity index (χ0n) is 9.20. The van der Waals surface area contributed by atoms with Gasteiger partial charge in [0.2, 0.25) is 0 Å². The topological polar surface area (TPSA) is 54.4 Å². The Morgan fingerprint density at radius 2 is 2.00 bits per heavy atom. The summed E-state index contributed by atoms with van der Waals surface area (Å²) < 4.78 is 22.8. The SMILES string of the molecule is CS(=O)(=O)c1cccc(C(O)c2ccsc2)c1. The molecule has 0 aliphatic rings. The average Bonchev–Trinajstić information content (AvgIpc) is 2.80. The lowest BCUT2D eigenvalue weighted by Gasteiger charge is -2.10. The van der Waals surface area contributed by atoms with Crippen molar-refractivity contribution in [3.05, 3.63) is 52.2 Å². The van der Waals surface area contributed by atoms with Gasteiger partial charge in [0.1, 0.15) is 6.10 Å². The predicted molar refractivity (Wildman–Crippen MR) is 67.9 cm³/mol. The van der Waals surface area contributed by atoms with E-state index in [0.717, 1.165) is 11.8 Å². The molecule has 0 bridgehead atoms. The fraction of sp³-hybridized carbons (Fsp3) is 0.167. The van der Waals surface area contributed by atoms with Crippen LogP contribution in [0.25, 0.3) is 0 Å². The van der Waals surface area contributed by atoms with Crippen molar-refractivity contribution in [1.82, 2.24) is 0 Å². The number of thiophene rings is 1. The molecule has 0 saturated heterocycles. The lowest BCUT2D eigenvalue weighted by molar-refractivity contribution is 0.220. The molecule has 1 N–H and O–H groups in total. The van der Waals surface area contributed by atoms with E-state index in [1.807, 2.05) is 16.8 Å². The fourth-order valence-electron chi connectivity index (χ4n) is 1.54. The highest BCUT2D eigenvalue weighted by atomic mass is 32.2. The van der Waals surface area contributed by atoms with Crippen LogP contribution >= 0.6 is 11.3 Å². The predicted octanol–water partition coefficient (Wildman–Crippen LogP) is 2.23. The molecule has 0 spiro atoms. The number of hydrogen-bond donors (Lipinski definition) is 1. The summed E-state index contributed by atoms with van der Waals surface area (Å²) in [5.41, 5.74) is 1.37. The highest BCUT2D eigenvalue weighted by Crippen LogP contribution is 2.25. The van der Waals surface area contributed by atoms with Crippen LogP contribution in [0.5, 0.6) is 0 Å². The molecule has 3 nitrogen and oxygen atoms in total. The standard InChI is InChI=1S/C12H12O3S2/c1-17(14,15)11-4-2-3-9(7-11)12(13)10-5-6-16-8-10/h2-8,12-13H,1H3. The Kier molecular flexibility index (Phi) is 3.33. The first-order valence-electron chi connectivity index (χ1n) is 4.98. The van der Waals surface area contributed by atoms with Gasteiger partial charge in [-0.3, -0.25) is 0 Å². The van der Waals surface area contributed by atoms with Gasteiger partial charge in [-0.25, -0.2) is 8.42 Å². The molecule has 90 valence electrons. The van der Waals surface area contributed by atoms with Gasteiger partial charge in [-0.15, -0.1) is 0 Å². The van der Waals surface area contributed by atoms with Gasteiger partial charge in [-0.05, 0) is 40.1 Å². The van der Waals surface area contributed by atoms with E-state index in [-0.39, 0.29) is 4.90 Å². The van der Waals surface area contributed by atoms with Gasteiger partial charge in [-0.1, -0.05) is 12.1 Å². The quantitative estimate of drug-likeness (QED) is 0.928. The molecule has 2 rings (SSSR count). The van der Waals surface area contributed by atoms with E-state index in [9.17, 15) is 13.5 Å². The molecular weight excluding hydrogens is 256 g/mol. The minimum absolute atomic E-state index is 0.226.